The average molecular weight is 445 g/mol. The molecule has 0 bridgehead atoms. The third-order valence-corrected chi connectivity index (χ3v) is 5.55. The molecule has 3 aromatic rings. The first kappa shape index (κ1) is 20.0. The smallest absolute Gasteiger partial charge is 0.453 e. The van der Waals surface area contributed by atoms with Crippen LogP contribution in [0.25, 0.3) is 0 Å². The van der Waals surface area contributed by atoms with E-state index in [9.17, 15) is 28.1 Å². The van der Waals surface area contributed by atoms with Crippen LogP contribution in [-0.2, 0) is 11.0 Å². The molecule has 0 amide bonds. The van der Waals surface area contributed by atoms with Gasteiger partial charge in [0, 0.05) is 29.7 Å². The minimum Gasteiger partial charge on any atom is -0.469 e. The maximum absolute atomic E-state index is 13.3. The topological polar surface area (TPSA) is 116 Å². The van der Waals surface area contributed by atoms with Gasteiger partial charge in [0.05, 0.1) is 16.7 Å². The Labute approximate surface area is 177 Å². The van der Waals surface area contributed by atoms with Gasteiger partial charge in [0.25, 0.3) is 11.5 Å². The number of para-hydroxylation sites is 1. The lowest BCUT2D eigenvalue weighted by Gasteiger charge is -2.34. The lowest BCUT2D eigenvalue weighted by molar-refractivity contribution is -0.385. The predicted molar refractivity (Wildman–Crippen MR) is 103 cm³/mol. The molecule has 2 aromatic heterocycles. The number of carbonyl (C=O) groups is 1. The second kappa shape index (κ2) is 7.04. The molecule has 12 heteroatoms. The number of Topliss-reactive ketones (excluding diaryl/α,β-unsaturated/α-hetero) is 1. The van der Waals surface area contributed by atoms with Crippen molar-refractivity contribution in [2.24, 2.45) is 0 Å². The Morgan fingerprint density at radius 1 is 1.19 bits per heavy atom. The fraction of sp³-hybridized carbons (Fsp3) is 0.250. The van der Waals surface area contributed by atoms with Crippen molar-refractivity contribution in [3.63, 3.8) is 0 Å². The number of nitrogens with one attached hydrogen (secondary N) is 1. The van der Waals surface area contributed by atoms with Crippen LogP contribution >= 0.6 is 0 Å². The molecule has 0 spiro atoms. The maximum atomic E-state index is 13.3. The van der Waals surface area contributed by atoms with E-state index in [1.165, 1.54) is 30.5 Å². The molecular formula is C20H14F3N5O4. The van der Waals surface area contributed by atoms with Gasteiger partial charge in [0.15, 0.2) is 5.78 Å². The first-order valence-corrected chi connectivity index (χ1v) is 9.57. The molecule has 9 nitrogen and oxygen atoms in total. The summed E-state index contributed by atoms with van der Waals surface area (Å²) in [6.07, 6.45) is -3.05. The van der Waals surface area contributed by atoms with Crippen LogP contribution in [0.1, 0.15) is 41.9 Å². The summed E-state index contributed by atoms with van der Waals surface area (Å²) in [4.78, 5) is 27.8. The first-order chi connectivity index (χ1) is 15.2. The molecule has 5 rings (SSSR count). The van der Waals surface area contributed by atoms with Crippen LogP contribution in [0.3, 0.4) is 0 Å². The number of anilines is 1. The molecule has 0 saturated carbocycles. The lowest BCUT2D eigenvalue weighted by atomic mass is 9.79. The number of rotatable bonds is 3. The number of benzene rings is 1. The third-order valence-electron chi connectivity index (χ3n) is 5.55. The van der Waals surface area contributed by atoms with E-state index in [0.29, 0.717) is 11.5 Å². The second-order valence-corrected chi connectivity index (χ2v) is 7.48. The first-order valence-electron chi connectivity index (χ1n) is 9.57. The number of hydrogen-bond donors (Lipinski definition) is 1. The van der Waals surface area contributed by atoms with Crippen molar-refractivity contribution < 1.29 is 27.3 Å². The van der Waals surface area contributed by atoms with Crippen LogP contribution in [0.4, 0.5) is 24.8 Å². The number of halogens is 3. The van der Waals surface area contributed by atoms with Crippen molar-refractivity contribution in [3.05, 3.63) is 81.2 Å². The van der Waals surface area contributed by atoms with E-state index in [-0.39, 0.29) is 47.3 Å². The number of carbonyl (C=O) groups excluding carboxylic acids is 1. The number of ketones is 1. The molecule has 0 unspecified atom stereocenters. The van der Waals surface area contributed by atoms with Crippen molar-refractivity contribution >= 4 is 17.4 Å². The van der Waals surface area contributed by atoms with Gasteiger partial charge in [-0.1, -0.05) is 12.1 Å². The molecule has 2 atom stereocenters. The van der Waals surface area contributed by atoms with Crippen LogP contribution in [0, 0.1) is 10.1 Å². The molecule has 0 radical (unpaired) electrons. The fourth-order valence-electron chi connectivity index (χ4n) is 4.23. The zero-order valence-corrected chi connectivity index (χ0v) is 16.2. The SMILES string of the molecule is O=C1C[C@H](c2ccco2)CC2=C1[C@@H](c1ccccc1[N+](=O)[O-])n1nc(C(F)(F)F)nc1N2. The Balaban J connectivity index is 1.70. The summed E-state index contributed by atoms with van der Waals surface area (Å²) in [6, 6.07) is 7.77. The van der Waals surface area contributed by atoms with Gasteiger partial charge >= 0.3 is 6.18 Å². The highest BCUT2D eigenvalue weighted by Gasteiger charge is 2.45. The highest BCUT2D eigenvalue weighted by molar-refractivity contribution is 6.00. The average Bonchev–Trinajstić information content (AvgIpc) is 3.41. The van der Waals surface area contributed by atoms with Gasteiger partial charge < -0.3 is 9.73 Å². The van der Waals surface area contributed by atoms with Gasteiger partial charge in [0.2, 0.25) is 5.95 Å². The number of nitrogens with zero attached hydrogens (tertiary/aromatic N) is 4. The standard InChI is InChI=1S/C20H14F3N5O4/c21-20(22,23)18-25-19-24-12-8-10(15-6-3-7-32-15)9-14(29)16(12)17(27(19)26-18)11-4-1-2-5-13(11)28(30)31/h1-7,10,17H,8-9H2,(H,24,25,26)/t10-,17-/m1/s1. The van der Waals surface area contributed by atoms with E-state index in [1.807, 2.05) is 0 Å². The summed E-state index contributed by atoms with van der Waals surface area (Å²) in [7, 11) is 0. The maximum Gasteiger partial charge on any atom is 0.453 e. The normalized spacial score (nSPS) is 20.5. The molecular weight excluding hydrogens is 431 g/mol. The predicted octanol–water partition coefficient (Wildman–Crippen LogP) is 4.21. The zero-order valence-electron chi connectivity index (χ0n) is 16.2. The van der Waals surface area contributed by atoms with Crippen molar-refractivity contribution in [2.45, 2.75) is 31.0 Å². The monoisotopic (exact) mass is 445 g/mol. The Bertz CT molecular complexity index is 1260. The number of nitro benzene ring substituents is 1. The third kappa shape index (κ3) is 3.15. The highest BCUT2D eigenvalue weighted by Crippen LogP contribution is 2.46. The molecule has 32 heavy (non-hydrogen) atoms. The largest absolute Gasteiger partial charge is 0.469 e. The number of nitro groups is 1. The van der Waals surface area contributed by atoms with Gasteiger partial charge in [0.1, 0.15) is 11.8 Å². The Morgan fingerprint density at radius 3 is 2.66 bits per heavy atom. The van der Waals surface area contributed by atoms with E-state index in [1.54, 1.807) is 12.1 Å². The Hall–Kier alpha value is -3.96. The molecule has 1 N–H and O–H groups in total. The van der Waals surface area contributed by atoms with E-state index in [0.717, 1.165) is 4.68 Å². The fourth-order valence-corrected chi connectivity index (χ4v) is 4.23. The van der Waals surface area contributed by atoms with Gasteiger partial charge in [-0.2, -0.15) is 18.2 Å². The summed E-state index contributed by atoms with van der Waals surface area (Å²) in [6.45, 7) is 0. The summed E-state index contributed by atoms with van der Waals surface area (Å²) in [5, 5.41) is 18.0. The summed E-state index contributed by atoms with van der Waals surface area (Å²) in [5.74, 6) is -1.77. The van der Waals surface area contributed by atoms with E-state index in [4.69, 9.17) is 4.42 Å². The number of allylic oxidation sites excluding steroid dienone is 2. The highest BCUT2D eigenvalue weighted by atomic mass is 19.4. The minimum absolute atomic E-state index is 0.0430. The molecule has 0 saturated heterocycles. The molecule has 0 fully saturated rings. The minimum atomic E-state index is -4.83. The van der Waals surface area contributed by atoms with E-state index in [2.05, 4.69) is 15.4 Å². The zero-order chi connectivity index (χ0) is 22.6. The van der Waals surface area contributed by atoms with Crippen LogP contribution < -0.4 is 5.32 Å². The van der Waals surface area contributed by atoms with Crippen molar-refractivity contribution in [3.8, 4) is 0 Å². The van der Waals surface area contributed by atoms with Crippen molar-refractivity contribution in [1.82, 2.24) is 14.8 Å². The van der Waals surface area contributed by atoms with Crippen LogP contribution in [-0.4, -0.2) is 25.5 Å². The Morgan fingerprint density at radius 2 is 1.97 bits per heavy atom. The lowest BCUT2D eigenvalue weighted by Crippen LogP contribution is -2.33. The van der Waals surface area contributed by atoms with E-state index >= 15 is 0 Å². The van der Waals surface area contributed by atoms with Crippen LogP contribution in [0.2, 0.25) is 0 Å². The van der Waals surface area contributed by atoms with Crippen LogP contribution in [0.5, 0.6) is 0 Å². The molecule has 1 aliphatic carbocycles. The van der Waals surface area contributed by atoms with Gasteiger partial charge in [-0.05, 0) is 24.6 Å². The number of fused-ring (bicyclic) bond motifs is 1. The second-order valence-electron chi connectivity index (χ2n) is 7.48. The van der Waals surface area contributed by atoms with Gasteiger partial charge in [-0.15, -0.1) is 5.10 Å². The van der Waals surface area contributed by atoms with E-state index < -0.39 is 23.0 Å². The molecule has 1 aliphatic heterocycles. The molecule has 2 aliphatic rings. The molecule has 164 valence electrons. The van der Waals surface area contributed by atoms with Crippen molar-refractivity contribution in [1.29, 1.82) is 0 Å². The molecule has 3 heterocycles. The number of furan rings is 1. The quantitative estimate of drug-likeness (QED) is 0.474. The number of hydrogen-bond acceptors (Lipinski definition) is 7. The van der Waals surface area contributed by atoms with Gasteiger partial charge in [-0.25, -0.2) is 4.68 Å². The Kier molecular flexibility index (Phi) is 4.39. The van der Waals surface area contributed by atoms with Crippen molar-refractivity contribution in [2.75, 3.05) is 5.32 Å². The summed E-state index contributed by atoms with van der Waals surface area (Å²) in [5.41, 5.74) is 0.200. The number of aromatic nitrogens is 3. The van der Waals surface area contributed by atoms with Gasteiger partial charge in [-0.3, -0.25) is 14.9 Å². The van der Waals surface area contributed by atoms with Crippen LogP contribution in [0.15, 0.2) is 58.3 Å². The summed E-state index contributed by atoms with van der Waals surface area (Å²) >= 11 is 0. The summed E-state index contributed by atoms with van der Waals surface area (Å²) < 4.78 is 46.3. The molecule has 1 aromatic carbocycles. The number of alkyl halides is 3.